The number of rotatable bonds is 6. The van der Waals surface area contributed by atoms with Crippen LogP contribution in [0.25, 0.3) is 0 Å². The van der Waals surface area contributed by atoms with E-state index in [1.165, 1.54) is 29.3 Å². The van der Waals surface area contributed by atoms with Crippen LogP contribution in [0.2, 0.25) is 0 Å². The molecule has 0 saturated carbocycles. The number of halogens is 3. The number of piperidine rings is 1. The molecular weight excluding hydrogens is 477 g/mol. The number of alkyl halides is 3. The van der Waals surface area contributed by atoms with Crippen LogP contribution < -0.4 is 15.4 Å². The maximum absolute atomic E-state index is 13.3. The molecule has 1 saturated heterocycles. The lowest BCUT2D eigenvalue weighted by molar-refractivity contribution is -0.139. The van der Waals surface area contributed by atoms with E-state index in [9.17, 15) is 18.0 Å². The van der Waals surface area contributed by atoms with Crippen LogP contribution in [0, 0.1) is 5.92 Å². The molecule has 0 aromatic heterocycles. The summed E-state index contributed by atoms with van der Waals surface area (Å²) in [6.45, 7) is 1.50. The average Bonchev–Trinajstić information content (AvgIpc) is 2.92. The van der Waals surface area contributed by atoms with E-state index in [2.05, 4.69) is 28.8 Å². The van der Waals surface area contributed by atoms with Crippen molar-refractivity contribution in [3.05, 3.63) is 101 Å². The second kappa shape index (κ2) is 11.0. The van der Waals surface area contributed by atoms with Gasteiger partial charge in [-0.25, -0.2) is 0 Å². The predicted octanol–water partition coefficient (Wildman–Crippen LogP) is 5.65. The van der Waals surface area contributed by atoms with E-state index in [1.54, 1.807) is 0 Å². The zero-order valence-electron chi connectivity index (χ0n) is 20.6. The fourth-order valence-electron chi connectivity index (χ4n) is 5.51. The van der Waals surface area contributed by atoms with E-state index >= 15 is 0 Å². The molecule has 1 amide bonds. The van der Waals surface area contributed by atoms with Crippen molar-refractivity contribution in [2.24, 2.45) is 5.92 Å². The minimum Gasteiger partial charge on any atom is -0.488 e. The Kier molecular flexibility index (Phi) is 7.51. The fraction of sp³-hybridized carbons (Fsp3) is 0.367. The summed E-state index contributed by atoms with van der Waals surface area (Å²) in [7, 11) is 0. The van der Waals surface area contributed by atoms with Crippen LogP contribution in [0.1, 0.15) is 46.6 Å². The molecule has 3 atom stereocenters. The van der Waals surface area contributed by atoms with Gasteiger partial charge in [-0.05, 0) is 72.5 Å². The highest BCUT2D eigenvalue weighted by Crippen LogP contribution is 2.36. The van der Waals surface area contributed by atoms with E-state index in [-0.39, 0.29) is 36.1 Å². The van der Waals surface area contributed by atoms with E-state index in [1.807, 2.05) is 30.3 Å². The predicted molar refractivity (Wildman–Crippen MR) is 136 cm³/mol. The Balaban J connectivity index is 1.22. The molecule has 4 nitrogen and oxygen atoms in total. The van der Waals surface area contributed by atoms with Crippen molar-refractivity contribution in [1.29, 1.82) is 0 Å². The number of para-hydroxylation sites is 1. The highest BCUT2D eigenvalue weighted by molar-refractivity contribution is 5.80. The van der Waals surface area contributed by atoms with Crippen molar-refractivity contribution in [3.63, 3.8) is 0 Å². The molecule has 1 heterocycles. The van der Waals surface area contributed by atoms with Gasteiger partial charge in [-0.15, -0.1) is 0 Å². The lowest BCUT2D eigenvalue weighted by Crippen LogP contribution is -2.48. The first-order valence-corrected chi connectivity index (χ1v) is 12.8. The van der Waals surface area contributed by atoms with Gasteiger partial charge in [0, 0.05) is 12.6 Å². The quantitative estimate of drug-likeness (QED) is 0.452. The third kappa shape index (κ3) is 5.99. The number of hydrogen-bond acceptors (Lipinski definition) is 3. The van der Waals surface area contributed by atoms with Crippen molar-refractivity contribution >= 4 is 5.91 Å². The smallest absolute Gasteiger partial charge is 0.419 e. The van der Waals surface area contributed by atoms with Crippen LogP contribution in [-0.2, 0) is 30.4 Å². The number of carbonyl (C=O) groups excluding carboxylic acids is 1. The Morgan fingerprint density at radius 2 is 1.68 bits per heavy atom. The van der Waals surface area contributed by atoms with Gasteiger partial charge in [0.1, 0.15) is 12.4 Å². The van der Waals surface area contributed by atoms with Crippen LogP contribution in [0.15, 0.2) is 72.8 Å². The molecule has 3 aromatic carbocycles. The van der Waals surface area contributed by atoms with Gasteiger partial charge < -0.3 is 15.4 Å². The molecule has 2 N–H and O–H groups in total. The third-order valence-corrected chi connectivity index (χ3v) is 7.51. The molecule has 1 aliphatic heterocycles. The van der Waals surface area contributed by atoms with E-state index in [0.29, 0.717) is 6.54 Å². The van der Waals surface area contributed by atoms with Gasteiger partial charge in [0.2, 0.25) is 5.91 Å². The summed E-state index contributed by atoms with van der Waals surface area (Å²) >= 11 is 0. The van der Waals surface area contributed by atoms with E-state index in [0.717, 1.165) is 49.4 Å². The number of amides is 1. The van der Waals surface area contributed by atoms with Crippen molar-refractivity contribution < 1.29 is 22.7 Å². The number of ether oxygens (including phenoxy) is 1. The Morgan fingerprint density at radius 3 is 2.46 bits per heavy atom. The Bertz CT molecular complexity index is 1230. The lowest BCUT2D eigenvalue weighted by atomic mass is 9.80. The summed E-state index contributed by atoms with van der Waals surface area (Å²) in [6, 6.07) is 21.5. The average molecular weight is 509 g/mol. The summed E-state index contributed by atoms with van der Waals surface area (Å²) < 4.78 is 45.2. The van der Waals surface area contributed by atoms with Crippen LogP contribution in [-0.4, -0.2) is 25.0 Å². The zero-order valence-corrected chi connectivity index (χ0v) is 20.6. The Morgan fingerprint density at radius 1 is 0.946 bits per heavy atom. The lowest BCUT2D eigenvalue weighted by Gasteiger charge is -2.34. The van der Waals surface area contributed by atoms with Gasteiger partial charge in [0.05, 0.1) is 11.5 Å². The second-order valence-corrected chi connectivity index (χ2v) is 9.95. The standard InChI is InChI=1S/C30H31F3N2O2/c31-30(32,33)27-7-3-4-8-28(27)37-19-20-9-11-22(12-10-20)25-15-16-34-18-26(25)29(36)35-24-14-13-21-5-1-2-6-23(21)17-24/h1-12,24-26,34H,13-19H2,(H,35,36). The van der Waals surface area contributed by atoms with Crippen LogP contribution in [0.4, 0.5) is 13.2 Å². The topological polar surface area (TPSA) is 50.4 Å². The van der Waals surface area contributed by atoms with E-state index < -0.39 is 11.7 Å². The first kappa shape index (κ1) is 25.3. The van der Waals surface area contributed by atoms with Gasteiger partial charge in [-0.2, -0.15) is 13.2 Å². The monoisotopic (exact) mass is 508 g/mol. The molecular formula is C30H31F3N2O2. The highest BCUT2D eigenvalue weighted by Gasteiger charge is 2.35. The number of carbonyl (C=O) groups is 1. The molecule has 0 spiro atoms. The molecule has 3 aromatic rings. The SMILES string of the molecule is O=C(NC1CCc2ccccc2C1)C1CNCCC1c1ccc(COc2ccccc2C(F)(F)F)cc1. The van der Waals surface area contributed by atoms with Crippen molar-refractivity contribution in [3.8, 4) is 5.75 Å². The molecule has 37 heavy (non-hydrogen) atoms. The molecule has 0 radical (unpaired) electrons. The van der Waals surface area contributed by atoms with Gasteiger partial charge in [-0.3, -0.25) is 4.79 Å². The van der Waals surface area contributed by atoms with Gasteiger partial charge >= 0.3 is 6.18 Å². The largest absolute Gasteiger partial charge is 0.488 e. The third-order valence-electron chi connectivity index (χ3n) is 7.51. The van der Waals surface area contributed by atoms with Crippen molar-refractivity contribution in [2.75, 3.05) is 13.1 Å². The minimum atomic E-state index is -4.47. The summed E-state index contributed by atoms with van der Waals surface area (Å²) in [4.78, 5) is 13.3. The van der Waals surface area contributed by atoms with Crippen molar-refractivity contribution in [1.82, 2.24) is 10.6 Å². The maximum Gasteiger partial charge on any atom is 0.419 e. The fourth-order valence-corrected chi connectivity index (χ4v) is 5.51. The van der Waals surface area contributed by atoms with Gasteiger partial charge in [0.15, 0.2) is 0 Å². The summed E-state index contributed by atoms with van der Waals surface area (Å²) in [5, 5.41) is 6.67. The number of nitrogens with one attached hydrogen (secondary N) is 2. The number of aryl methyl sites for hydroxylation is 1. The molecule has 194 valence electrons. The van der Waals surface area contributed by atoms with Crippen LogP contribution in [0.5, 0.6) is 5.75 Å². The number of hydrogen-bond donors (Lipinski definition) is 2. The first-order chi connectivity index (χ1) is 17.9. The Labute approximate surface area is 215 Å². The number of fused-ring (bicyclic) bond motifs is 1. The van der Waals surface area contributed by atoms with Crippen LogP contribution >= 0.6 is 0 Å². The molecule has 1 aliphatic carbocycles. The summed E-state index contributed by atoms with van der Waals surface area (Å²) in [5.74, 6) is -0.193. The summed E-state index contributed by atoms with van der Waals surface area (Å²) in [5.41, 5.74) is 3.74. The van der Waals surface area contributed by atoms with Crippen LogP contribution in [0.3, 0.4) is 0 Å². The molecule has 5 rings (SSSR count). The zero-order chi connectivity index (χ0) is 25.8. The molecule has 7 heteroatoms. The molecule has 3 unspecified atom stereocenters. The van der Waals surface area contributed by atoms with Crippen molar-refractivity contribution in [2.45, 2.75) is 50.4 Å². The molecule has 0 bridgehead atoms. The van der Waals surface area contributed by atoms with Gasteiger partial charge in [0.25, 0.3) is 0 Å². The Hall–Kier alpha value is -3.32. The number of benzene rings is 3. The molecule has 1 fully saturated rings. The van der Waals surface area contributed by atoms with Gasteiger partial charge in [-0.1, -0.05) is 60.7 Å². The normalized spacial score (nSPS) is 21.6. The first-order valence-electron chi connectivity index (χ1n) is 12.8. The summed E-state index contributed by atoms with van der Waals surface area (Å²) in [6.07, 6.45) is -0.838. The molecule has 2 aliphatic rings. The highest BCUT2D eigenvalue weighted by atomic mass is 19.4. The van der Waals surface area contributed by atoms with E-state index in [4.69, 9.17) is 4.74 Å². The maximum atomic E-state index is 13.3. The minimum absolute atomic E-state index is 0.0344. The second-order valence-electron chi connectivity index (χ2n) is 9.95.